The van der Waals surface area contributed by atoms with Crippen LogP contribution in [-0.4, -0.2) is 56.6 Å². The minimum Gasteiger partial charge on any atom is -0.475 e. The third-order valence-corrected chi connectivity index (χ3v) is 3.85. The number of aliphatic carboxylic acids is 2. The highest BCUT2D eigenvalue weighted by Crippen LogP contribution is 2.21. The number of amides is 1. The highest BCUT2D eigenvalue weighted by atomic mass is 19.4. The van der Waals surface area contributed by atoms with Crippen LogP contribution in [0.25, 0.3) is 11.3 Å². The van der Waals surface area contributed by atoms with E-state index in [1.165, 1.54) is 0 Å². The Morgan fingerprint density at radius 3 is 1.86 bits per heavy atom. The second-order valence-electron chi connectivity index (χ2n) is 6.70. The molecule has 37 heavy (non-hydrogen) atoms. The summed E-state index contributed by atoms with van der Waals surface area (Å²) in [5.41, 5.74) is 8.42. The summed E-state index contributed by atoms with van der Waals surface area (Å²) in [5, 5.41) is 20.8. The summed E-state index contributed by atoms with van der Waals surface area (Å²) < 4.78 is 68.6. The molecule has 1 amide bonds. The van der Waals surface area contributed by atoms with Gasteiger partial charge in [-0.25, -0.2) is 9.59 Å². The Kier molecular flexibility index (Phi) is 11.2. The minimum absolute atomic E-state index is 0.269. The molecule has 0 radical (unpaired) electrons. The van der Waals surface area contributed by atoms with Gasteiger partial charge in [0.2, 0.25) is 11.8 Å². The number of halogens is 6. The smallest absolute Gasteiger partial charge is 0.475 e. The van der Waals surface area contributed by atoms with E-state index in [0.29, 0.717) is 12.1 Å². The van der Waals surface area contributed by atoms with E-state index in [0.717, 1.165) is 11.1 Å². The number of alkyl halides is 6. The average Bonchev–Trinajstić information content (AvgIpc) is 3.28. The first-order chi connectivity index (χ1) is 17.1. The van der Waals surface area contributed by atoms with Crippen molar-refractivity contribution in [2.45, 2.75) is 24.8 Å². The number of carboxylic acids is 2. The maximum absolute atomic E-state index is 12.1. The molecule has 0 aliphatic heterocycles. The molecule has 0 unspecified atom stereocenters. The van der Waals surface area contributed by atoms with E-state index < -0.39 is 30.3 Å². The van der Waals surface area contributed by atoms with Crippen molar-refractivity contribution in [3.05, 3.63) is 66.5 Å². The number of nitrogens with zero attached hydrogens (tertiary/aromatic N) is 2. The molecule has 0 spiro atoms. The lowest BCUT2D eigenvalue weighted by Gasteiger charge is -2.10. The minimum atomic E-state index is -5.08. The van der Waals surface area contributed by atoms with E-state index in [1.807, 2.05) is 42.5 Å². The van der Waals surface area contributed by atoms with Gasteiger partial charge in [-0.15, -0.1) is 0 Å². The van der Waals surface area contributed by atoms with Crippen molar-refractivity contribution < 1.29 is 55.5 Å². The first-order valence-electron chi connectivity index (χ1n) is 9.69. The first-order valence-corrected chi connectivity index (χ1v) is 9.69. The third kappa shape index (κ3) is 11.7. The molecular weight excluding hydrogens is 518 g/mol. The number of carbonyl (C=O) groups is 3. The van der Waals surface area contributed by atoms with Crippen molar-refractivity contribution in [1.29, 1.82) is 0 Å². The first kappa shape index (κ1) is 30.6. The van der Waals surface area contributed by atoms with Crippen LogP contribution < -0.4 is 11.1 Å². The number of hydrogen-bond donors (Lipinski definition) is 4. The molecule has 1 atom stereocenters. The number of nitrogens with two attached hydrogens (primary N) is 1. The van der Waals surface area contributed by atoms with Gasteiger partial charge in [0.15, 0.2) is 0 Å². The van der Waals surface area contributed by atoms with Crippen LogP contribution in [0, 0.1) is 0 Å². The van der Waals surface area contributed by atoms with Crippen LogP contribution >= 0.6 is 0 Å². The predicted octanol–water partition coefficient (Wildman–Crippen LogP) is 3.51. The Balaban J connectivity index is 0.000000404. The Labute approximate surface area is 203 Å². The van der Waals surface area contributed by atoms with Crippen molar-refractivity contribution in [2.75, 3.05) is 5.32 Å². The van der Waals surface area contributed by atoms with Crippen LogP contribution in [0.3, 0.4) is 0 Å². The highest BCUT2D eigenvalue weighted by Gasteiger charge is 2.38. The number of nitrogens with one attached hydrogen (secondary N) is 1. The van der Waals surface area contributed by atoms with Crippen LogP contribution in [0.1, 0.15) is 5.56 Å². The summed E-state index contributed by atoms with van der Waals surface area (Å²) in [6, 6.07) is 14.2. The van der Waals surface area contributed by atoms with Gasteiger partial charge in [-0.2, -0.15) is 26.3 Å². The van der Waals surface area contributed by atoms with Crippen LogP contribution in [0.5, 0.6) is 0 Å². The van der Waals surface area contributed by atoms with Gasteiger partial charge in [-0.3, -0.25) is 15.1 Å². The van der Waals surface area contributed by atoms with Crippen LogP contribution in [0.2, 0.25) is 0 Å². The van der Waals surface area contributed by atoms with Gasteiger partial charge in [-0.05, 0) is 24.1 Å². The van der Waals surface area contributed by atoms with Crippen molar-refractivity contribution in [2.24, 2.45) is 5.73 Å². The second kappa shape index (κ2) is 13.6. The van der Waals surface area contributed by atoms with Gasteiger partial charge in [-0.1, -0.05) is 35.5 Å². The molecule has 2 heterocycles. The van der Waals surface area contributed by atoms with Crippen molar-refractivity contribution in [3.63, 3.8) is 0 Å². The van der Waals surface area contributed by atoms with E-state index in [4.69, 9.17) is 30.1 Å². The Morgan fingerprint density at radius 2 is 1.41 bits per heavy atom. The normalized spacial score (nSPS) is 11.6. The molecule has 0 fully saturated rings. The number of aromatic nitrogens is 2. The summed E-state index contributed by atoms with van der Waals surface area (Å²) in [4.78, 5) is 33.9. The van der Waals surface area contributed by atoms with Gasteiger partial charge in [0.25, 0.3) is 0 Å². The maximum Gasteiger partial charge on any atom is 0.490 e. The van der Waals surface area contributed by atoms with Gasteiger partial charge in [0.05, 0.1) is 6.04 Å². The zero-order chi connectivity index (χ0) is 28.2. The lowest BCUT2D eigenvalue weighted by Crippen LogP contribution is -2.37. The average molecular weight is 536 g/mol. The van der Waals surface area contributed by atoms with E-state index in [1.54, 1.807) is 18.5 Å². The van der Waals surface area contributed by atoms with E-state index in [9.17, 15) is 31.1 Å². The molecule has 3 aromatic rings. The number of benzene rings is 1. The largest absolute Gasteiger partial charge is 0.490 e. The van der Waals surface area contributed by atoms with Crippen molar-refractivity contribution >= 4 is 23.7 Å². The summed E-state index contributed by atoms with van der Waals surface area (Å²) in [7, 11) is 0. The zero-order valence-electron chi connectivity index (χ0n) is 18.3. The number of pyridine rings is 1. The van der Waals surface area contributed by atoms with Gasteiger partial charge >= 0.3 is 24.3 Å². The van der Waals surface area contributed by atoms with E-state index in [-0.39, 0.29) is 11.8 Å². The second-order valence-corrected chi connectivity index (χ2v) is 6.70. The summed E-state index contributed by atoms with van der Waals surface area (Å²) in [5.74, 6) is -5.56. The quantitative estimate of drug-likeness (QED) is 0.357. The van der Waals surface area contributed by atoms with Gasteiger partial charge < -0.3 is 20.5 Å². The number of carbonyl (C=O) groups excluding carboxylic acids is 1. The Hall–Kier alpha value is -4.47. The molecule has 5 N–H and O–H groups in total. The fraction of sp³-hybridized carbons (Fsp3) is 0.190. The standard InChI is InChI=1S/C17H16N4O2.2C2HF3O2/c18-14(10-12-4-2-1-3-5-12)17(22)20-16-11-15(21-23-16)13-6-8-19-9-7-13;2*3-2(4,5)1(6)7/h1-9,11,14H,10,18H2,(H,20,22);2*(H,6,7)/t14-;;/m0../s1. The third-order valence-electron chi connectivity index (χ3n) is 3.85. The topological polar surface area (TPSA) is 169 Å². The molecule has 10 nitrogen and oxygen atoms in total. The molecular formula is C21H18F6N4O6. The van der Waals surface area contributed by atoms with Crippen molar-refractivity contribution in [1.82, 2.24) is 10.1 Å². The SMILES string of the molecule is N[C@@H](Cc1ccccc1)C(=O)Nc1cc(-c2ccncc2)no1.O=C(O)C(F)(F)F.O=C(O)C(F)(F)F. The fourth-order valence-corrected chi connectivity index (χ4v) is 2.17. The fourth-order valence-electron chi connectivity index (χ4n) is 2.17. The molecule has 16 heteroatoms. The van der Waals surface area contributed by atoms with E-state index >= 15 is 0 Å². The molecule has 0 aliphatic carbocycles. The predicted molar refractivity (Wildman–Crippen MR) is 114 cm³/mol. The van der Waals surface area contributed by atoms with Crippen LogP contribution in [0.15, 0.2) is 65.4 Å². The monoisotopic (exact) mass is 536 g/mol. The molecule has 2 aromatic heterocycles. The molecule has 1 aromatic carbocycles. The lowest BCUT2D eigenvalue weighted by atomic mass is 10.1. The molecule has 200 valence electrons. The van der Waals surface area contributed by atoms with Gasteiger partial charge in [0, 0.05) is 24.0 Å². The Morgan fingerprint density at radius 1 is 0.919 bits per heavy atom. The van der Waals surface area contributed by atoms with Crippen LogP contribution in [-0.2, 0) is 20.8 Å². The number of carboxylic acid groups (broad SMARTS) is 2. The molecule has 0 aliphatic rings. The molecule has 0 bridgehead atoms. The number of rotatable bonds is 5. The lowest BCUT2D eigenvalue weighted by molar-refractivity contribution is -0.193. The zero-order valence-corrected chi connectivity index (χ0v) is 18.3. The van der Waals surface area contributed by atoms with E-state index in [2.05, 4.69) is 15.5 Å². The highest BCUT2D eigenvalue weighted by molar-refractivity contribution is 5.94. The molecule has 3 rings (SSSR count). The summed E-state index contributed by atoms with van der Waals surface area (Å²) in [6.07, 6.45) is -6.38. The summed E-state index contributed by atoms with van der Waals surface area (Å²) >= 11 is 0. The van der Waals surface area contributed by atoms with Gasteiger partial charge in [0.1, 0.15) is 5.69 Å². The Bertz CT molecular complexity index is 1130. The maximum atomic E-state index is 12.1. The van der Waals surface area contributed by atoms with Crippen LogP contribution in [0.4, 0.5) is 32.2 Å². The number of hydrogen-bond acceptors (Lipinski definition) is 7. The molecule has 0 saturated carbocycles. The molecule has 0 saturated heterocycles. The summed E-state index contributed by atoms with van der Waals surface area (Å²) in [6.45, 7) is 0. The van der Waals surface area contributed by atoms with Crippen molar-refractivity contribution in [3.8, 4) is 11.3 Å². The number of anilines is 1.